The van der Waals surface area contributed by atoms with Crippen LogP contribution in [0.1, 0.15) is 26.0 Å². The van der Waals surface area contributed by atoms with Gasteiger partial charge in [0.2, 0.25) is 0 Å². The third-order valence-electron chi connectivity index (χ3n) is 1.82. The fraction of sp³-hybridized carbons (Fsp3) is 0.400. The van der Waals surface area contributed by atoms with E-state index in [2.05, 4.69) is 34.7 Å². The summed E-state index contributed by atoms with van der Waals surface area (Å²) in [6.45, 7) is 4.12. The van der Waals surface area contributed by atoms with Crippen molar-refractivity contribution in [2.45, 2.75) is 28.7 Å². The Balaban J connectivity index is 0.000000720. The lowest BCUT2D eigenvalue weighted by molar-refractivity contribution is 1.42. The third-order valence-corrected chi connectivity index (χ3v) is 2.35. The molecule has 0 unspecified atom stereocenters. The van der Waals surface area contributed by atoms with Crippen LogP contribution in [-0.2, 0) is 0 Å². The van der Waals surface area contributed by atoms with Crippen LogP contribution in [0.25, 0.3) is 11.0 Å². The molecule has 0 aliphatic heterocycles. The van der Waals surface area contributed by atoms with E-state index in [1.165, 1.54) is 22.9 Å². The van der Waals surface area contributed by atoms with Gasteiger partial charge in [-0.2, -0.15) is 8.75 Å². The predicted molar refractivity (Wildman–Crippen MR) is 60.4 cm³/mol. The first-order chi connectivity index (χ1) is 5.29. The van der Waals surface area contributed by atoms with Gasteiger partial charge in [-0.3, -0.25) is 0 Å². The van der Waals surface area contributed by atoms with Gasteiger partial charge in [-0.05, 0) is 25.0 Å². The summed E-state index contributed by atoms with van der Waals surface area (Å²) in [5.74, 6) is 0. The number of aryl methyl sites for hydroxylation is 2. The molecule has 2 aromatic rings. The molecule has 0 saturated heterocycles. The topological polar surface area (TPSA) is 25.8 Å². The second-order valence-corrected chi connectivity index (χ2v) is 3.19. The molecule has 0 fully saturated rings. The van der Waals surface area contributed by atoms with Crippen LogP contribution in [-0.4, -0.2) is 8.75 Å². The van der Waals surface area contributed by atoms with Gasteiger partial charge in [0.15, 0.2) is 0 Å². The Kier molecular flexibility index (Phi) is 4.01. The first-order valence-corrected chi connectivity index (χ1v) is 4.20. The number of aromatic nitrogens is 2. The van der Waals surface area contributed by atoms with E-state index in [1.54, 1.807) is 0 Å². The molecule has 0 radical (unpaired) electrons. The first-order valence-electron chi connectivity index (χ1n) is 3.47. The fourth-order valence-electron chi connectivity index (χ4n) is 1.11. The summed E-state index contributed by atoms with van der Waals surface area (Å²) in [6, 6.07) is 4.16. The number of rotatable bonds is 0. The Bertz CT molecular complexity index is 357. The molecule has 0 N–H and O–H groups in total. The second kappa shape index (κ2) is 4.33. The summed E-state index contributed by atoms with van der Waals surface area (Å²) >= 11 is 1.28. The molecular weight excluding hydrogens is 180 g/mol. The van der Waals surface area contributed by atoms with Crippen molar-refractivity contribution < 1.29 is 0 Å². The van der Waals surface area contributed by atoms with E-state index < -0.39 is 0 Å². The SMILES string of the molecule is C.C.Cc1ccc(C)c2nsnc12. The van der Waals surface area contributed by atoms with Gasteiger partial charge in [0.05, 0.1) is 11.7 Å². The van der Waals surface area contributed by atoms with Crippen molar-refractivity contribution in [1.29, 1.82) is 0 Å². The molecule has 13 heavy (non-hydrogen) atoms. The van der Waals surface area contributed by atoms with E-state index in [-0.39, 0.29) is 14.9 Å². The summed E-state index contributed by atoms with van der Waals surface area (Å²) in [5, 5.41) is 0. The smallest absolute Gasteiger partial charge is 0.107 e. The van der Waals surface area contributed by atoms with Crippen molar-refractivity contribution >= 4 is 22.8 Å². The molecule has 2 rings (SSSR count). The summed E-state index contributed by atoms with van der Waals surface area (Å²) < 4.78 is 8.42. The molecule has 0 aliphatic rings. The van der Waals surface area contributed by atoms with Gasteiger partial charge in [-0.1, -0.05) is 27.0 Å². The normalized spacial score (nSPS) is 9.08. The highest BCUT2D eigenvalue weighted by molar-refractivity contribution is 7.00. The summed E-state index contributed by atoms with van der Waals surface area (Å²) in [4.78, 5) is 0. The van der Waals surface area contributed by atoms with Gasteiger partial charge >= 0.3 is 0 Å². The van der Waals surface area contributed by atoms with Gasteiger partial charge in [0.1, 0.15) is 11.0 Å². The van der Waals surface area contributed by atoms with Crippen LogP contribution in [0.4, 0.5) is 0 Å². The van der Waals surface area contributed by atoms with Crippen molar-refractivity contribution in [3.8, 4) is 0 Å². The van der Waals surface area contributed by atoms with Crippen LogP contribution >= 0.6 is 11.7 Å². The van der Waals surface area contributed by atoms with Crippen LogP contribution in [0, 0.1) is 13.8 Å². The average Bonchev–Trinajstić information content (AvgIpc) is 2.45. The van der Waals surface area contributed by atoms with E-state index in [1.807, 2.05) is 0 Å². The molecule has 0 spiro atoms. The summed E-state index contributed by atoms with van der Waals surface area (Å²) in [5.41, 5.74) is 4.52. The zero-order chi connectivity index (χ0) is 7.84. The van der Waals surface area contributed by atoms with Crippen molar-refractivity contribution in [2.75, 3.05) is 0 Å². The zero-order valence-electron chi connectivity index (χ0n) is 6.46. The highest BCUT2D eigenvalue weighted by Crippen LogP contribution is 2.18. The molecule has 1 heterocycles. The first kappa shape index (κ1) is 12.0. The molecule has 2 nitrogen and oxygen atoms in total. The van der Waals surface area contributed by atoms with E-state index >= 15 is 0 Å². The van der Waals surface area contributed by atoms with Gasteiger partial charge < -0.3 is 0 Å². The quantitative estimate of drug-likeness (QED) is 0.643. The van der Waals surface area contributed by atoms with Crippen molar-refractivity contribution in [3.05, 3.63) is 23.3 Å². The minimum Gasteiger partial charge on any atom is -0.173 e. The van der Waals surface area contributed by atoms with E-state index in [4.69, 9.17) is 0 Å². The maximum atomic E-state index is 4.21. The van der Waals surface area contributed by atoms with E-state index in [0.29, 0.717) is 0 Å². The molecular formula is C10H16N2S. The maximum absolute atomic E-state index is 4.21. The number of benzene rings is 1. The lowest BCUT2D eigenvalue weighted by Crippen LogP contribution is -1.79. The van der Waals surface area contributed by atoms with Crippen molar-refractivity contribution in [2.24, 2.45) is 0 Å². The van der Waals surface area contributed by atoms with Crippen molar-refractivity contribution in [1.82, 2.24) is 8.75 Å². The summed E-state index contributed by atoms with van der Waals surface area (Å²) in [6.07, 6.45) is 0. The van der Waals surface area contributed by atoms with Crippen LogP contribution in [0.3, 0.4) is 0 Å². The standard InChI is InChI=1S/C8H8N2S.2CH4/c1-5-3-4-6(2)8-7(5)9-11-10-8;;/h3-4H,1-2H3;2*1H4. The molecule has 1 aromatic heterocycles. The number of nitrogens with zero attached hydrogens (tertiary/aromatic N) is 2. The molecule has 0 bridgehead atoms. The Morgan fingerprint density at radius 3 is 1.69 bits per heavy atom. The van der Waals surface area contributed by atoms with Gasteiger partial charge in [0, 0.05) is 0 Å². The minimum absolute atomic E-state index is 0. The predicted octanol–water partition coefficient (Wildman–Crippen LogP) is 3.58. The zero-order valence-corrected chi connectivity index (χ0v) is 7.27. The molecule has 1 aromatic carbocycles. The van der Waals surface area contributed by atoms with Crippen LogP contribution in [0.5, 0.6) is 0 Å². The fourth-order valence-corrected chi connectivity index (χ4v) is 1.78. The average molecular weight is 196 g/mol. The maximum Gasteiger partial charge on any atom is 0.107 e. The lowest BCUT2D eigenvalue weighted by Gasteiger charge is -1.94. The Morgan fingerprint density at radius 1 is 0.923 bits per heavy atom. The Hall–Kier alpha value is -0.960. The van der Waals surface area contributed by atoms with E-state index in [9.17, 15) is 0 Å². The highest BCUT2D eigenvalue weighted by Gasteiger charge is 2.02. The largest absolute Gasteiger partial charge is 0.173 e. The number of hydrogen-bond donors (Lipinski definition) is 0. The minimum atomic E-state index is 0. The molecule has 0 saturated carbocycles. The van der Waals surface area contributed by atoms with Gasteiger partial charge in [-0.15, -0.1) is 0 Å². The number of hydrogen-bond acceptors (Lipinski definition) is 3. The third kappa shape index (κ3) is 1.86. The highest BCUT2D eigenvalue weighted by atomic mass is 32.1. The van der Waals surface area contributed by atoms with Crippen LogP contribution in [0.2, 0.25) is 0 Å². The lowest BCUT2D eigenvalue weighted by atomic mass is 10.1. The Morgan fingerprint density at radius 2 is 1.31 bits per heavy atom. The Labute approximate surface area is 83.9 Å². The van der Waals surface area contributed by atoms with Gasteiger partial charge in [-0.25, -0.2) is 0 Å². The molecule has 0 aliphatic carbocycles. The number of fused-ring (bicyclic) bond motifs is 1. The molecule has 3 heteroatoms. The second-order valence-electron chi connectivity index (χ2n) is 2.66. The molecule has 0 atom stereocenters. The van der Waals surface area contributed by atoms with Crippen LogP contribution < -0.4 is 0 Å². The molecule has 72 valence electrons. The van der Waals surface area contributed by atoms with Crippen LogP contribution in [0.15, 0.2) is 12.1 Å². The molecule has 0 amide bonds. The van der Waals surface area contributed by atoms with Gasteiger partial charge in [0.25, 0.3) is 0 Å². The van der Waals surface area contributed by atoms with Crippen molar-refractivity contribution in [3.63, 3.8) is 0 Å². The summed E-state index contributed by atoms with van der Waals surface area (Å²) in [7, 11) is 0. The van der Waals surface area contributed by atoms with E-state index in [0.717, 1.165) is 11.0 Å². The monoisotopic (exact) mass is 196 g/mol.